The molecule has 24 heavy (non-hydrogen) atoms. The molecule has 2 rings (SSSR count). The molecule has 134 valence electrons. The number of nitrogens with one attached hydrogen (secondary N) is 1. The normalized spacial score (nSPS) is 15.7. The number of anilines is 1. The lowest BCUT2D eigenvalue weighted by Gasteiger charge is -2.10. The van der Waals surface area contributed by atoms with Gasteiger partial charge in [-0.3, -0.25) is 0 Å². The average molecular weight is 340 g/mol. The first-order valence-electron chi connectivity index (χ1n) is 7.87. The summed E-state index contributed by atoms with van der Waals surface area (Å²) in [5.41, 5.74) is 7.10. The molecule has 2 heterocycles. The molecule has 1 aromatic heterocycles. The highest BCUT2D eigenvalue weighted by Gasteiger charge is 2.45. The zero-order valence-corrected chi connectivity index (χ0v) is 14.8. The standard InChI is InChI=1S/C14H14F2N2O2.2C2H6/c1-3-5-9(10-7-18-8-11(10)17)13-12(6-4-2)19-14(15,16)20-13;2*1-2/h3-8,18H,1,17H2,2H3;2*1-2H3/b6-4+,9-5-;;. The second-order valence-electron chi connectivity index (χ2n) is 4.00. The summed E-state index contributed by atoms with van der Waals surface area (Å²) in [5, 5.41) is 0. The Balaban J connectivity index is 0.00000123. The minimum Gasteiger partial charge on any atom is -0.397 e. The van der Waals surface area contributed by atoms with Crippen LogP contribution in [0.5, 0.6) is 0 Å². The summed E-state index contributed by atoms with van der Waals surface area (Å²) in [6.45, 7) is 13.3. The summed E-state index contributed by atoms with van der Waals surface area (Å²) in [4.78, 5) is 2.80. The van der Waals surface area contributed by atoms with Gasteiger partial charge in [-0.1, -0.05) is 52.5 Å². The van der Waals surface area contributed by atoms with E-state index < -0.39 is 6.29 Å². The zero-order chi connectivity index (χ0) is 18.8. The highest BCUT2D eigenvalue weighted by atomic mass is 19.3. The predicted octanol–water partition coefficient (Wildman–Crippen LogP) is 5.60. The van der Waals surface area contributed by atoms with Gasteiger partial charge in [0, 0.05) is 23.5 Å². The zero-order valence-electron chi connectivity index (χ0n) is 14.8. The molecule has 0 aliphatic carbocycles. The van der Waals surface area contributed by atoms with Crippen LogP contribution in [0.4, 0.5) is 14.5 Å². The smallest absolute Gasteiger partial charge is 0.397 e. The molecule has 0 spiro atoms. The number of rotatable bonds is 4. The molecule has 0 bridgehead atoms. The fourth-order valence-electron chi connectivity index (χ4n) is 1.83. The van der Waals surface area contributed by atoms with E-state index in [9.17, 15) is 8.78 Å². The third-order valence-corrected chi connectivity index (χ3v) is 2.59. The van der Waals surface area contributed by atoms with Crippen molar-refractivity contribution in [2.75, 3.05) is 5.73 Å². The van der Waals surface area contributed by atoms with Crippen molar-refractivity contribution >= 4 is 11.3 Å². The van der Waals surface area contributed by atoms with Gasteiger partial charge in [-0.25, -0.2) is 0 Å². The molecule has 0 radical (unpaired) electrons. The van der Waals surface area contributed by atoms with Crippen molar-refractivity contribution in [3.63, 3.8) is 0 Å². The van der Waals surface area contributed by atoms with E-state index in [-0.39, 0.29) is 11.5 Å². The Labute approximate surface area is 142 Å². The van der Waals surface area contributed by atoms with E-state index in [0.717, 1.165) is 0 Å². The number of H-pyrrole nitrogens is 1. The van der Waals surface area contributed by atoms with Crippen molar-refractivity contribution in [2.45, 2.75) is 40.9 Å². The number of ether oxygens (including phenoxy) is 2. The van der Waals surface area contributed by atoms with Gasteiger partial charge in [0.2, 0.25) is 0 Å². The van der Waals surface area contributed by atoms with E-state index in [2.05, 4.69) is 21.0 Å². The van der Waals surface area contributed by atoms with Crippen molar-refractivity contribution in [1.29, 1.82) is 0 Å². The molecule has 1 aliphatic rings. The van der Waals surface area contributed by atoms with Crippen molar-refractivity contribution in [3.05, 3.63) is 60.4 Å². The first-order valence-corrected chi connectivity index (χ1v) is 7.87. The molecule has 0 aromatic carbocycles. The van der Waals surface area contributed by atoms with Crippen LogP contribution in [0.15, 0.2) is 54.8 Å². The van der Waals surface area contributed by atoms with Gasteiger partial charge in [-0.2, -0.15) is 0 Å². The van der Waals surface area contributed by atoms with Crippen molar-refractivity contribution in [1.82, 2.24) is 4.98 Å². The number of allylic oxidation sites excluding steroid dienone is 5. The molecule has 4 nitrogen and oxygen atoms in total. The fourth-order valence-corrected chi connectivity index (χ4v) is 1.83. The molecule has 6 heteroatoms. The summed E-state index contributed by atoms with van der Waals surface area (Å²) in [5.74, 6) is -0.148. The van der Waals surface area contributed by atoms with Crippen LogP contribution in [0.3, 0.4) is 0 Å². The average Bonchev–Trinajstić information content (AvgIpc) is 3.12. The molecular formula is C18H26F2N2O2. The third-order valence-electron chi connectivity index (χ3n) is 2.59. The minimum absolute atomic E-state index is 0.0637. The van der Waals surface area contributed by atoms with Crippen molar-refractivity contribution in [3.8, 4) is 0 Å². The first-order chi connectivity index (χ1) is 11.5. The minimum atomic E-state index is -3.70. The van der Waals surface area contributed by atoms with Gasteiger partial charge >= 0.3 is 6.29 Å². The number of hydrogen-bond acceptors (Lipinski definition) is 3. The summed E-state index contributed by atoms with van der Waals surface area (Å²) >= 11 is 0. The molecule has 0 fully saturated rings. The fraction of sp³-hybridized carbons (Fsp3) is 0.333. The Bertz CT molecular complexity index is 614. The van der Waals surface area contributed by atoms with E-state index in [1.165, 1.54) is 18.2 Å². The highest BCUT2D eigenvalue weighted by Crippen LogP contribution is 2.41. The van der Waals surface area contributed by atoms with Crippen LogP contribution in [0, 0.1) is 0 Å². The Morgan fingerprint density at radius 1 is 1.21 bits per heavy atom. The lowest BCUT2D eigenvalue weighted by Crippen LogP contribution is -2.16. The lowest BCUT2D eigenvalue weighted by molar-refractivity contribution is -0.334. The number of alkyl halides is 2. The number of aromatic nitrogens is 1. The second-order valence-corrected chi connectivity index (χ2v) is 4.00. The number of nitrogens with two attached hydrogens (primary N) is 1. The Morgan fingerprint density at radius 2 is 1.83 bits per heavy atom. The van der Waals surface area contributed by atoms with Crippen LogP contribution >= 0.6 is 0 Å². The SMILES string of the molecule is C=C/C=C(C1=C(/C=C/C)OC(F)(F)O1)/c1c[nH]cc1N.CC.CC. The van der Waals surface area contributed by atoms with Gasteiger partial charge in [0.05, 0.1) is 5.69 Å². The maximum absolute atomic E-state index is 13.3. The number of halogens is 2. The van der Waals surface area contributed by atoms with Gasteiger partial charge in [-0.15, -0.1) is 8.78 Å². The van der Waals surface area contributed by atoms with E-state index in [0.29, 0.717) is 16.8 Å². The van der Waals surface area contributed by atoms with Crippen LogP contribution in [0.1, 0.15) is 40.2 Å². The van der Waals surface area contributed by atoms with Crippen LogP contribution in [0.25, 0.3) is 5.57 Å². The summed E-state index contributed by atoms with van der Waals surface area (Å²) in [7, 11) is 0. The molecule has 0 unspecified atom stereocenters. The van der Waals surface area contributed by atoms with Crippen LogP contribution < -0.4 is 5.73 Å². The van der Waals surface area contributed by atoms with Crippen molar-refractivity contribution < 1.29 is 18.3 Å². The molecule has 1 aromatic rings. The Morgan fingerprint density at radius 3 is 2.29 bits per heavy atom. The largest absolute Gasteiger partial charge is 0.586 e. The summed E-state index contributed by atoms with van der Waals surface area (Å²) < 4.78 is 35.7. The number of aromatic amines is 1. The molecule has 3 N–H and O–H groups in total. The molecular weight excluding hydrogens is 314 g/mol. The highest BCUT2D eigenvalue weighted by molar-refractivity contribution is 5.85. The van der Waals surface area contributed by atoms with Gasteiger partial charge in [0.1, 0.15) is 0 Å². The van der Waals surface area contributed by atoms with Crippen LogP contribution in [0.2, 0.25) is 0 Å². The molecule has 1 aliphatic heterocycles. The number of hydrogen-bond donors (Lipinski definition) is 2. The van der Waals surface area contributed by atoms with E-state index in [4.69, 9.17) is 5.73 Å². The second kappa shape index (κ2) is 10.3. The van der Waals surface area contributed by atoms with Gasteiger partial charge < -0.3 is 20.2 Å². The summed E-state index contributed by atoms with van der Waals surface area (Å²) in [6.07, 6.45) is 5.41. The molecule has 0 amide bonds. The van der Waals surface area contributed by atoms with Gasteiger partial charge in [0.25, 0.3) is 0 Å². The van der Waals surface area contributed by atoms with Crippen molar-refractivity contribution in [2.24, 2.45) is 0 Å². The third kappa shape index (κ3) is 5.30. The quantitative estimate of drug-likeness (QED) is 0.701. The van der Waals surface area contributed by atoms with Crippen LogP contribution in [-0.2, 0) is 9.47 Å². The van der Waals surface area contributed by atoms with E-state index >= 15 is 0 Å². The monoisotopic (exact) mass is 340 g/mol. The number of nitrogen functional groups attached to an aromatic ring is 1. The maximum Gasteiger partial charge on any atom is 0.586 e. The van der Waals surface area contributed by atoms with Gasteiger partial charge in [-0.05, 0) is 13.0 Å². The van der Waals surface area contributed by atoms with Crippen LogP contribution in [-0.4, -0.2) is 11.3 Å². The topological polar surface area (TPSA) is 60.3 Å². The van der Waals surface area contributed by atoms with E-state index in [1.54, 1.807) is 25.4 Å². The summed E-state index contributed by atoms with van der Waals surface area (Å²) in [6, 6.07) is 0. The van der Waals surface area contributed by atoms with E-state index in [1.807, 2.05) is 27.7 Å². The lowest BCUT2D eigenvalue weighted by atomic mass is 10.0. The Hall–Kier alpha value is -2.50. The maximum atomic E-state index is 13.3. The molecule has 0 saturated carbocycles. The predicted molar refractivity (Wildman–Crippen MR) is 95.0 cm³/mol. The Kier molecular flexibility index (Phi) is 9.23. The first kappa shape index (κ1) is 21.5. The molecule has 0 atom stereocenters. The molecule has 0 saturated heterocycles. The van der Waals surface area contributed by atoms with Gasteiger partial charge in [0.15, 0.2) is 11.5 Å².